The van der Waals surface area contributed by atoms with E-state index in [1.165, 1.54) is 25.9 Å². The number of nitrogens with zero attached hydrogens (tertiary/aromatic N) is 2. The van der Waals surface area contributed by atoms with Crippen LogP contribution in [0.15, 0.2) is 52.4 Å². The van der Waals surface area contributed by atoms with Gasteiger partial charge in [0.2, 0.25) is 0 Å². The van der Waals surface area contributed by atoms with Gasteiger partial charge < -0.3 is 5.32 Å². The first kappa shape index (κ1) is 17.8. The highest BCUT2D eigenvalue weighted by atomic mass is 35.5. The van der Waals surface area contributed by atoms with Gasteiger partial charge in [0.1, 0.15) is 5.15 Å². The van der Waals surface area contributed by atoms with Gasteiger partial charge in [0.05, 0.1) is 0 Å². The molecule has 1 N–H and O–H groups in total. The molecule has 2 aromatic rings. The summed E-state index contributed by atoms with van der Waals surface area (Å²) in [7, 11) is 0. The van der Waals surface area contributed by atoms with Crippen molar-refractivity contribution in [1.29, 1.82) is 0 Å². The molecule has 0 spiro atoms. The van der Waals surface area contributed by atoms with Crippen LogP contribution >= 0.6 is 23.4 Å². The molecular weight excluding hydrogens is 366 g/mol. The zero-order chi connectivity index (χ0) is 18.1. The molecule has 1 aromatic heterocycles. The Morgan fingerprint density at radius 3 is 2.46 bits per heavy atom. The lowest BCUT2D eigenvalue weighted by molar-refractivity contribution is 0.0217. The molecule has 4 heterocycles. The summed E-state index contributed by atoms with van der Waals surface area (Å²) in [5.74, 6) is 0.645. The number of carbonyl (C=O) groups is 1. The van der Waals surface area contributed by atoms with Gasteiger partial charge in [-0.1, -0.05) is 23.4 Å². The molecule has 1 amide bonds. The van der Waals surface area contributed by atoms with Gasteiger partial charge in [-0.3, -0.25) is 9.69 Å². The predicted octanol–water partition coefficient (Wildman–Crippen LogP) is 4.10. The molecule has 0 aliphatic carbocycles. The van der Waals surface area contributed by atoms with Crippen LogP contribution in [-0.4, -0.2) is 41.0 Å². The maximum absolute atomic E-state index is 12.7. The Kier molecular flexibility index (Phi) is 5.20. The summed E-state index contributed by atoms with van der Waals surface area (Å²) in [4.78, 5) is 21.4. The zero-order valence-electron chi connectivity index (χ0n) is 14.7. The van der Waals surface area contributed by atoms with Crippen molar-refractivity contribution < 1.29 is 4.79 Å². The molecule has 3 aliphatic rings. The van der Waals surface area contributed by atoms with Crippen LogP contribution in [0.25, 0.3) is 0 Å². The summed E-state index contributed by atoms with van der Waals surface area (Å²) in [5.41, 5.74) is 0.715. The molecule has 5 rings (SSSR count). The second-order valence-electron chi connectivity index (χ2n) is 7.06. The monoisotopic (exact) mass is 387 g/mol. The van der Waals surface area contributed by atoms with Gasteiger partial charge >= 0.3 is 0 Å². The average Bonchev–Trinajstić information content (AvgIpc) is 2.67. The quantitative estimate of drug-likeness (QED) is 0.802. The van der Waals surface area contributed by atoms with E-state index >= 15 is 0 Å². The maximum Gasteiger partial charge on any atom is 0.251 e. The SMILES string of the molecule is C[C@H]1[C@H](NC(=O)c2ccc(Sc3ccc(Cl)nc3)cc2)C2CCN1CC2. The number of halogens is 1. The number of nitrogens with one attached hydrogen (secondary N) is 1. The van der Waals surface area contributed by atoms with E-state index in [4.69, 9.17) is 11.6 Å². The lowest BCUT2D eigenvalue weighted by Crippen LogP contribution is -2.62. The van der Waals surface area contributed by atoms with Crippen LogP contribution in [0.5, 0.6) is 0 Å². The molecule has 1 aromatic carbocycles. The number of aromatic nitrogens is 1. The Morgan fingerprint density at radius 2 is 1.85 bits per heavy atom. The van der Waals surface area contributed by atoms with Crippen molar-refractivity contribution in [3.63, 3.8) is 0 Å². The van der Waals surface area contributed by atoms with Crippen LogP contribution in [0.2, 0.25) is 5.15 Å². The first-order chi connectivity index (χ1) is 12.6. The summed E-state index contributed by atoms with van der Waals surface area (Å²) in [5, 5.41) is 3.77. The van der Waals surface area contributed by atoms with Gasteiger partial charge in [-0.15, -0.1) is 0 Å². The predicted molar refractivity (Wildman–Crippen MR) is 105 cm³/mol. The van der Waals surface area contributed by atoms with Crippen molar-refractivity contribution in [3.05, 3.63) is 53.3 Å². The smallest absolute Gasteiger partial charge is 0.251 e. The Bertz CT molecular complexity index is 771. The summed E-state index contributed by atoms with van der Waals surface area (Å²) < 4.78 is 0. The number of hydrogen-bond donors (Lipinski definition) is 1. The van der Waals surface area contributed by atoms with Crippen molar-refractivity contribution in [2.45, 2.75) is 41.6 Å². The molecule has 2 bridgehead atoms. The molecule has 4 nitrogen and oxygen atoms in total. The zero-order valence-corrected chi connectivity index (χ0v) is 16.3. The lowest BCUT2D eigenvalue weighted by atomic mass is 9.79. The molecule has 0 unspecified atom stereocenters. The third kappa shape index (κ3) is 3.75. The van der Waals surface area contributed by atoms with Crippen LogP contribution in [0.1, 0.15) is 30.1 Å². The molecule has 3 aliphatic heterocycles. The van der Waals surface area contributed by atoms with Gasteiger partial charge in [0, 0.05) is 33.6 Å². The number of amides is 1. The highest BCUT2D eigenvalue weighted by Crippen LogP contribution is 2.32. The minimum absolute atomic E-state index is 0.0281. The van der Waals surface area contributed by atoms with E-state index in [0.717, 1.165) is 9.79 Å². The molecule has 26 heavy (non-hydrogen) atoms. The minimum atomic E-state index is 0.0281. The van der Waals surface area contributed by atoms with Gasteiger partial charge in [0.25, 0.3) is 5.91 Å². The molecule has 0 saturated carbocycles. The normalized spacial score (nSPS) is 27.3. The summed E-state index contributed by atoms with van der Waals surface area (Å²) in [6, 6.07) is 12.2. The average molecular weight is 388 g/mol. The van der Waals surface area contributed by atoms with E-state index in [9.17, 15) is 4.79 Å². The van der Waals surface area contributed by atoms with Crippen molar-refractivity contribution in [3.8, 4) is 0 Å². The highest BCUT2D eigenvalue weighted by molar-refractivity contribution is 7.99. The Labute approximate surface area is 163 Å². The van der Waals surface area contributed by atoms with Crippen LogP contribution in [0, 0.1) is 5.92 Å². The second kappa shape index (κ2) is 7.59. The minimum Gasteiger partial charge on any atom is -0.347 e. The van der Waals surface area contributed by atoms with E-state index in [-0.39, 0.29) is 11.9 Å². The van der Waals surface area contributed by atoms with Crippen LogP contribution in [-0.2, 0) is 0 Å². The van der Waals surface area contributed by atoms with Crippen LogP contribution in [0.4, 0.5) is 0 Å². The lowest BCUT2D eigenvalue weighted by Gasteiger charge is -2.49. The van der Waals surface area contributed by atoms with Crippen molar-refractivity contribution in [1.82, 2.24) is 15.2 Å². The number of hydrogen-bond acceptors (Lipinski definition) is 4. The molecule has 0 radical (unpaired) electrons. The van der Waals surface area contributed by atoms with E-state index in [0.29, 0.717) is 22.7 Å². The van der Waals surface area contributed by atoms with E-state index in [1.807, 2.05) is 30.3 Å². The van der Waals surface area contributed by atoms with Crippen molar-refractivity contribution in [2.75, 3.05) is 13.1 Å². The fourth-order valence-corrected chi connectivity index (χ4v) is 4.91. The van der Waals surface area contributed by atoms with Crippen LogP contribution in [0.3, 0.4) is 0 Å². The fourth-order valence-electron chi connectivity index (χ4n) is 4.01. The number of rotatable bonds is 4. The third-order valence-corrected chi connectivity index (χ3v) is 6.74. The van der Waals surface area contributed by atoms with E-state index in [1.54, 1.807) is 24.0 Å². The number of pyridine rings is 1. The van der Waals surface area contributed by atoms with Crippen molar-refractivity contribution in [2.24, 2.45) is 5.92 Å². The van der Waals surface area contributed by atoms with Crippen LogP contribution < -0.4 is 5.32 Å². The van der Waals surface area contributed by atoms with Gasteiger partial charge in [-0.2, -0.15) is 0 Å². The number of piperidine rings is 3. The summed E-state index contributed by atoms with van der Waals surface area (Å²) >= 11 is 7.42. The Morgan fingerprint density at radius 1 is 1.15 bits per heavy atom. The first-order valence-corrected chi connectivity index (χ1v) is 10.2. The van der Waals surface area contributed by atoms with Gasteiger partial charge in [0.15, 0.2) is 0 Å². The third-order valence-electron chi connectivity index (χ3n) is 5.53. The summed E-state index contributed by atoms with van der Waals surface area (Å²) in [6.45, 7) is 4.57. The molecule has 136 valence electrons. The fraction of sp³-hybridized carbons (Fsp3) is 0.400. The Balaban J connectivity index is 1.40. The number of fused-ring (bicyclic) bond motifs is 3. The summed E-state index contributed by atoms with van der Waals surface area (Å²) in [6.07, 6.45) is 4.14. The molecule has 3 saturated heterocycles. The van der Waals surface area contributed by atoms with Crippen molar-refractivity contribution >= 4 is 29.3 Å². The van der Waals surface area contributed by atoms with Gasteiger partial charge in [-0.25, -0.2) is 4.98 Å². The largest absolute Gasteiger partial charge is 0.347 e. The van der Waals surface area contributed by atoms with E-state index < -0.39 is 0 Å². The molecule has 6 heteroatoms. The maximum atomic E-state index is 12.7. The first-order valence-electron chi connectivity index (χ1n) is 9.04. The Hall–Kier alpha value is -1.56. The second-order valence-corrected chi connectivity index (χ2v) is 8.59. The molecule has 2 atom stereocenters. The standard InChI is InChI=1S/C20H22ClN3OS/c1-13-19(14-8-10-24(13)11-9-14)23-20(25)15-2-4-16(5-3-15)26-17-6-7-18(21)22-12-17/h2-7,12-14,19H,8-11H2,1H3,(H,23,25)/t13-,19-/m0/s1. The number of benzene rings is 1. The highest BCUT2D eigenvalue weighted by Gasteiger charge is 2.40. The molecular formula is C20H22ClN3OS. The topological polar surface area (TPSA) is 45.2 Å². The molecule has 3 fully saturated rings. The van der Waals surface area contributed by atoms with Gasteiger partial charge in [-0.05, 0) is 75.2 Å². The van der Waals surface area contributed by atoms with E-state index in [2.05, 4.69) is 22.1 Å². The number of carbonyl (C=O) groups excluding carboxylic acids is 1.